The summed E-state index contributed by atoms with van der Waals surface area (Å²) in [7, 11) is 0. The van der Waals surface area contributed by atoms with E-state index in [4.69, 9.17) is 0 Å². The smallest absolute Gasteiger partial charge is 0.0106 e. The standard InChI is InChI=1S/C21H22/c1-15(2)14-16(3)21-19-10-6-4-8-17(19)12-13-18-9-5-7-11-20(18)21/h4-13,15H,14H2,1-3H3. The molecule has 0 fully saturated rings. The first-order chi connectivity index (χ1) is 10.2. The Morgan fingerprint density at radius 2 is 1.29 bits per heavy atom. The molecule has 0 aromatic heterocycles. The van der Waals surface area contributed by atoms with Crippen molar-refractivity contribution in [3.8, 4) is 0 Å². The van der Waals surface area contributed by atoms with Crippen LogP contribution in [0.5, 0.6) is 0 Å². The van der Waals surface area contributed by atoms with Crippen molar-refractivity contribution in [1.29, 1.82) is 0 Å². The monoisotopic (exact) mass is 274 g/mol. The highest BCUT2D eigenvalue weighted by atomic mass is 14.2. The van der Waals surface area contributed by atoms with Gasteiger partial charge in [0.1, 0.15) is 0 Å². The SMILES string of the molecule is CC(CC(C)C)=C1c2ccccc2C=Cc2ccccc21. The molecule has 0 heterocycles. The molecule has 3 rings (SSSR count). The molecule has 0 unspecified atom stereocenters. The van der Waals surface area contributed by atoms with Crippen LogP contribution in [0.4, 0.5) is 0 Å². The molecule has 0 radical (unpaired) electrons. The van der Waals surface area contributed by atoms with Crippen molar-refractivity contribution >= 4 is 17.7 Å². The number of hydrogen-bond donors (Lipinski definition) is 0. The minimum atomic E-state index is 0.674. The molecule has 106 valence electrons. The average molecular weight is 274 g/mol. The van der Waals surface area contributed by atoms with Gasteiger partial charge in [0.25, 0.3) is 0 Å². The van der Waals surface area contributed by atoms with Crippen molar-refractivity contribution < 1.29 is 0 Å². The number of allylic oxidation sites excluding steroid dienone is 1. The molecule has 0 aliphatic heterocycles. The first-order valence-electron chi connectivity index (χ1n) is 7.73. The quantitative estimate of drug-likeness (QED) is 0.534. The molecule has 0 bridgehead atoms. The maximum atomic E-state index is 2.29. The highest BCUT2D eigenvalue weighted by Gasteiger charge is 2.17. The predicted molar refractivity (Wildman–Crippen MR) is 93.0 cm³/mol. The van der Waals surface area contributed by atoms with Gasteiger partial charge in [-0.3, -0.25) is 0 Å². The first kappa shape index (κ1) is 13.9. The largest absolute Gasteiger partial charge is 0.0646 e. The summed E-state index contributed by atoms with van der Waals surface area (Å²) in [6.07, 6.45) is 5.62. The Morgan fingerprint density at radius 1 is 0.810 bits per heavy atom. The zero-order chi connectivity index (χ0) is 14.8. The highest BCUT2D eigenvalue weighted by molar-refractivity contribution is 5.94. The molecule has 2 aromatic rings. The lowest BCUT2D eigenvalue weighted by Gasteiger charge is -2.17. The maximum absolute atomic E-state index is 2.29. The third-order valence-electron chi connectivity index (χ3n) is 4.04. The van der Waals surface area contributed by atoms with Gasteiger partial charge < -0.3 is 0 Å². The first-order valence-corrected chi connectivity index (χ1v) is 7.73. The Labute approximate surface area is 127 Å². The lowest BCUT2D eigenvalue weighted by Crippen LogP contribution is -1.98. The van der Waals surface area contributed by atoms with Crippen LogP contribution in [-0.2, 0) is 0 Å². The van der Waals surface area contributed by atoms with E-state index in [1.807, 2.05) is 0 Å². The minimum Gasteiger partial charge on any atom is -0.0646 e. The lowest BCUT2D eigenvalue weighted by atomic mass is 9.87. The van der Waals surface area contributed by atoms with Crippen LogP contribution in [0.15, 0.2) is 54.1 Å². The van der Waals surface area contributed by atoms with Crippen LogP contribution in [0, 0.1) is 5.92 Å². The predicted octanol–water partition coefficient (Wildman–Crippen LogP) is 6.04. The fourth-order valence-corrected chi connectivity index (χ4v) is 3.24. The molecule has 0 amide bonds. The minimum absolute atomic E-state index is 0.674. The fourth-order valence-electron chi connectivity index (χ4n) is 3.24. The van der Waals surface area contributed by atoms with Gasteiger partial charge in [-0.05, 0) is 47.1 Å². The van der Waals surface area contributed by atoms with Crippen LogP contribution in [0.25, 0.3) is 17.7 Å². The molecule has 0 spiro atoms. The molecule has 0 N–H and O–H groups in total. The van der Waals surface area contributed by atoms with E-state index in [2.05, 4.69) is 81.5 Å². The highest BCUT2D eigenvalue weighted by Crippen LogP contribution is 2.37. The molecule has 21 heavy (non-hydrogen) atoms. The van der Waals surface area contributed by atoms with Gasteiger partial charge in [-0.2, -0.15) is 0 Å². The van der Waals surface area contributed by atoms with Crippen LogP contribution >= 0.6 is 0 Å². The third kappa shape index (κ3) is 2.71. The van der Waals surface area contributed by atoms with Crippen molar-refractivity contribution in [3.63, 3.8) is 0 Å². The molecule has 0 saturated heterocycles. The van der Waals surface area contributed by atoms with E-state index in [1.165, 1.54) is 33.4 Å². The number of benzene rings is 2. The van der Waals surface area contributed by atoms with Gasteiger partial charge in [0.05, 0.1) is 0 Å². The second-order valence-corrected chi connectivity index (χ2v) is 6.26. The molecule has 0 saturated carbocycles. The van der Waals surface area contributed by atoms with Crippen LogP contribution in [-0.4, -0.2) is 0 Å². The Bertz CT molecular complexity index is 663. The Kier molecular flexibility index (Phi) is 3.79. The maximum Gasteiger partial charge on any atom is -0.0106 e. The molecule has 2 aromatic carbocycles. The molecule has 0 nitrogen and oxygen atoms in total. The van der Waals surface area contributed by atoms with Gasteiger partial charge in [0.2, 0.25) is 0 Å². The van der Waals surface area contributed by atoms with Crippen molar-refractivity contribution in [2.75, 3.05) is 0 Å². The summed E-state index contributed by atoms with van der Waals surface area (Å²) in [5.41, 5.74) is 8.24. The molecular weight excluding hydrogens is 252 g/mol. The van der Waals surface area contributed by atoms with E-state index in [0.717, 1.165) is 6.42 Å². The normalized spacial score (nSPS) is 12.9. The summed E-state index contributed by atoms with van der Waals surface area (Å²) < 4.78 is 0. The second kappa shape index (κ2) is 5.73. The van der Waals surface area contributed by atoms with Crippen LogP contribution < -0.4 is 0 Å². The summed E-state index contributed by atoms with van der Waals surface area (Å²) >= 11 is 0. The van der Waals surface area contributed by atoms with Gasteiger partial charge in [-0.1, -0.05) is 80.1 Å². The van der Waals surface area contributed by atoms with Gasteiger partial charge in [-0.25, -0.2) is 0 Å². The van der Waals surface area contributed by atoms with Crippen molar-refractivity contribution in [2.24, 2.45) is 5.92 Å². The van der Waals surface area contributed by atoms with Crippen molar-refractivity contribution in [1.82, 2.24) is 0 Å². The zero-order valence-corrected chi connectivity index (χ0v) is 13.1. The van der Waals surface area contributed by atoms with E-state index in [9.17, 15) is 0 Å². The summed E-state index contributed by atoms with van der Waals surface area (Å²) in [6.45, 7) is 6.86. The van der Waals surface area contributed by atoms with E-state index in [-0.39, 0.29) is 0 Å². The summed E-state index contributed by atoms with van der Waals surface area (Å²) in [4.78, 5) is 0. The number of rotatable bonds is 2. The van der Waals surface area contributed by atoms with E-state index in [1.54, 1.807) is 0 Å². The van der Waals surface area contributed by atoms with Crippen LogP contribution in [0.2, 0.25) is 0 Å². The zero-order valence-electron chi connectivity index (χ0n) is 13.1. The van der Waals surface area contributed by atoms with Crippen LogP contribution in [0.3, 0.4) is 0 Å². The molecule has 1 aliphatic rings. The molecular formula is C21H22. The Balaban J connectivity index is 2.29. The number of fused-ring (bicyclic) bond motifs is 2. The van der Waals surface area contributed by atoms with Crippen LogP contribution in [0.1, 0.15) is 49.4 Å². The molecule has 1 aliphatic carbocycles. The Morgan fingerprint density at radius 3 is 1.76 bits per heavy atom. The van der Waals surface area contributed by atoms with Gasteiger partial charge in [0.15, 0.2) is 0 Å². The topological polar surface area (TPSA) is 0 Å². The van der Waals surface area contributed by atoms with Gasteiger partial charge in [0, 0.05) is 0 Å². The van der Waals surface area contributed by atoms with E-state index in [0.29, 0.717) is 5.92 Å². The third-order valence-corrected chi connectivity index (χ3v) is 4.04. The summed E-state index contributed by atoms with van der Waals surface area (Å²) in [5, 5.41) is 0. The summed E-state index contributed by atoms with van der Waals surface area (Å²) in [6, 6.07) is 17.4. The van der Waals surface area contributed by atoms with Gasteiger partial charge >= 0.3 is 0 Å². The fraction of sp³-hybridized carbons (Fsp3) is 0.238. The molecule has 0 heteroatoms. The molecule has 0 atom stereocenters. The lowest BCUT2D eigenvalue weighted by molar-refractivity contribution is 0.643. The van der Waals surface area contributed by atoms with E-state index < -0.39 is 0 Å². The second-order valence-electron chi connectivity index (χ2n) is 6.26. The van der Waals surface area contributed by atoms with Crippen molar-refractivity contribution in [3.05, 3.63) is 76.4 Å². The average Bonchev–Trinajstić information content (AvgIpc) is 2.63. The van der Waals surface area contributed by atoms with Gasteiger partial charge in [-0.15, -0.1) is 0 Å². The van der Waals surface area contributed by atoms with Crippen molar-refractivity contribution in [2.45, 2.75) is 27.2 Å². The summed E-state index contributed by atoms with van der Waals surface area (Å²) in [5.74, 6) is 0.674. The Hall–Kier alpha value is -2.08. The van der Waals surface area contributed by atoms with E-state index >= 15 is 0 Å². The number of hydrogen-bond acceptors (Lipinski definition) is 0.